The second kappa shape index (κ2) is 6.18. The van der Waals surface area contributed by atoms with Crippen molar-refractivity contribution in [2.45, 2.75) is 25.6 Å². The van der Waals surface area contributed by atoms with Gasteiger partial charge in [0.1, 0.15) is 9.88 Å². The first kappa shape index (κ1) is 16.9. The monoisotopic (exact) mass is 355 g/mol. The van der Waals surface area contributed by atoms with Crippen molar-refractivity contribution in [2.75, 3.05) is 13.1 Å². The number of thiazole rings is 1. The average Bonchev–Trinajstić information content (AvgIpc) is 3.12. The minimum Gasteiger partial charge on any atom is -0.336 e. The summed E-state index contributed by atoms with van der Waals surface area (Å²) >= 11 is 1.20. The molecule has 2 heterocycles. The van der Waals surface area contributed by atoms with Crippen molar-refractivity contribution in [3.63, 3.8) is 0 Å². The molecule has 0 bridgehead atoms. The van der Waals surface area contributed by atoms with Crippen molar-refractivity contribution < 1.29 is 18.0 Å². The van der Waals surface area contributed by atoms with Gasteiger partial charge in [-0.3, -0.25) is 4.79 Å². The molecule has 1 fully saturated rings. The zero-order valence-electron chi connectivity index (χ0n) is 12.9. The Labute approximate surface area is 141 Å². The Morgan fingerprint density at radius 3 is 2.54 bits per heavy atom. The predicted molar refractivity (Wildman–Crippen MR) is 85.8 cm³/mol. The molecule has 1 atom stereocenters. The molecular weight excluding hydrogens is 339 g/mol. The number of alkyl halides is 3. The summed E-state index contributed by atoms with van der Waals surface area (Å²) in [6.45, 7) is 2.87. The van der Waals surface area contributed by atoms with Crippen LogP contribution in [0.2, 0.25) is 0 Å². The van der Waals surface area contributed by atoms with Gasteiger partial charge in [0.05, 0.1) is 11.3 Å². The zero-order chi connectivity index (χ0) is 17.5. The van der Waals surface area contributed by atoms with E-state index in [1.807, 2.05) is 0 Å². The molecule has 1 aliphatic rings. The third-order valence-electron chi connectivity index (χ3n) is 3.96. The van der Waals surface area contributed by atoms with Gasteiger partial charge in [0, 0.05) is 24.7 Å². The SMILES string of the molecule is Cc1nc(-c2ccc(C(F)(F)F)cc2)sc1C(=O)N1CC[C@@H](N)C1. The lowest BCUT2D eigenvalue weighted by molar-refractivity contribution is -0.137. The smallest absolute Gasteiger partial charge is 0.336 e. The minimum atomic E-state index is -4.37. The number of benzene rings is 1. The van der Waals surface area contributed by atoms with Crippen molar-refractivity contribution in [1.82, 2.24) is 9.88 Å². The lowest BCUT2D eigenvalue weighted by Gasteiger charge is -2.14. The van der Waals surface area contributed by atoms with Crippen LogP contribution >= 0.6 is 11.3 Å². The van der Waals surface area contributed by atoms with Crippen LogP contribution in [0.15, 0.2) is 24.3 Å². The Morgan fingerprint density at radius 1 is 1.33 bits per heavy atom. The first-order chi connectivity index (χ1) is 11.3. The van der Waals surface area contributed by atoms with E-state index >= 15 is 0 Å². The van der Waals surface area contributed by atoms with Gasteiger partial charge >= 0.3 is 6.18 Å². The highest BCUT2D eigenvalue weighted by Gasteiger charge is 2.30. The zero-order valence-corrected chi connectivity index (χ0v) is 13.7. The fourth-order valence-corrected chi connectivity index (χ4v) is 3.68. The van der Waals surface area contributed by atoms with Gasteiger partial charge in [-0.25, -0.2) is 4.98 Å². The molecular formula is C16H16F3N3OS. The van der Waals surface area contributed by atoms with E-state index < -0.39 is 11.7 Å². The molecule has 4 nitrogen and oxygen atoms in total. The molecule has 0 radical (unpaired) electrons. The number of aromatic nitrogens is 1. The Balaban J connectivity index is 1.85. The van der Waals surface area contributed by atoms with Crippen LogP contribution in [0.4, 0.5) is 13.2 Å². The van der Waals surface area contributed by atoms with Crippen LogP contribution in [0.5, 0.6) is 0 Å². The Kier molecular flexibility index (Phi) is 4.35. The van der Waals surface area contributed by atoms with Crippen LogP contribution < -0.4 is 5.73 Å². The summed E-state index contributed by atoms with van der Waals surface area (Å²) in [6, 6.07) is 4.79. The summed E-state index contributed by atoms with van der Waals surface area (Å²) in [5, 5.41) is 0.535. The molecule has 1 amide bonds. The molecule has 128 valence electrons. The summed E-state index contributed by atoms with van der Waals surface area (Å²) in [5.41, 5.74) is 6.27. The van der Waals surface area contributed by atoms with E-state index in [1.165, 1.54) is 23.5 Å². The highest BCUT2D eigenvalue weighted by Crippen LogP contribution is 2.33. The number of hydrogen-bond donors (Lipinski definition) is 1. The predicted octanol–water partition coefficient (Wildman–Crippen LogP) is 3.31. The number of halogens is 3. The normalized spacial score (nSPS) is 18.2. The van der Waals surface area contributed by atoms with Crippen LogP contribution in [-0.4, -0.2) is 34.9 Å². The molecule has 3 rings (SSSR count). The van der Waals surface area contributed by atoms with Crippen LogP contribution in [0.25, 0.3) is 10.6 Å². The molecule has 1 aromatic heterocycles. The molecule has 24 heavy (non-hydrogen) atoms. The summed E-state index contributed by atoms with van der Waals surface area (Å²) in [7, 11) is 0. The van der Waals surface area contributed by atoms with Gasteiger partial charge in [-0.1, -0.05) is 12.1 Å². The first-order valence-corrected chi connectivity index (χ1v) is 8.27. The lowest BCUT2D eigenvalue weighted by Crippen LogP contribution is -2.31. The molecule has 0 aliphatic carbocycles. The summed E-state index contributed by atoms with van der Waals surface area (Å²) < 4.78 is 37.9. The molecule has 2 N–H and O–H groups in total. The standard InChI is InChI=1S/C16H16F3N3OS/c1-9-13(15(23)22-7-6-12(20)8-22)24-14(21-9)10-2-4-11(5-3-10)16(17,18)19/h2-5,12H,6-8,20H2,1H3/t12-/m1/s1. The van der Waals surface area contributed by atoms with Gasteiger partial charge in [-0.05, 0) is 25.5 Å². The maximum absolute atomic E-state index is 12.6. The van der Waals surface area contributed by atoms with E-state index in [1.54, 1.807) is 11.8 Å². The van der Waals surface area contributed by atoms with Gasteiger partial charge in [0.15, 0.2) is 0 Å². The van der Waals surface area contributed by atoms with E-state index in [0.29, 0.717) is 34.2 Å². The van der Waals surface area contributed by atoms with Crippen molar-refractivity contribution >= 4 is 17.2 Å². The van der Waals surface area contributed by atoms with Crippen LogP contribution in [0.1, 0.15) is 27.3 Å². The van der Waals surface area contributed by atoms with Gasteiger partial charge in [0.2, 0.25) is 0 Å². The van der Waals surface area contributed by atoms with Crippen LogP contribution in [0.3, 0.4) is 0 Å². The molecule has 2 aromatic rings. The van der Waals surface area contributed by atoms with Crippen molar-refractivity contribution in [1.29, 1.82) is 0 Å². The number of rotatable bonds is 2. The third kappa shape index (κ3) is 3.29. The number of aryl methyl sites for hydroxylation is 1. The van der Waals surface area contributed by atoms with E-state index in [2.05, 4.69) is 4.98 Å². The summed E-state index contributed by atoms with van der Waals surface area (Å²) in [5.74, 6) is -0.115. The fourth-order valence-electron chi connectivity index (χ4n) is 2.64. The maximum atomic E-state index is 12.6. The molecule has 0 saturated carbocycles. The van der Waals surface area contributed by atoms with E-state index in [-0.39, 0.29) is 11.9 Å². The Hall–Kier alpha value is -1.93. The lowest BCUT2D eigenvalue weighted by atomic mass is 10.1. The van der Waals surface area contributed by atoms with Crippen LogP contribution in [-0.2, 0) is 6.18 Å². The van der Waals surface area contributed by atoms with E-state index in [4.69, 9.17) is 5.73 Å². The third-order valence-corrected chi connectivity index (χ3v) is 5.16. The molecule has 1 aliphatic heterocycles. The number of carbonyl (C=O) groups excluding carboxylic acids is 1. The molecule has 1 saturated heterocycles. The average molecular weight is 355 g/mol. The number of hydrogen-bond acceptors (Lipinski definition) is 4. The minimum absolute atomic E-state index is 0.00318. The fraction of sp³-hybridized carbons (Fsp3) is 0.375. The van der Waals surface area contributed by atoms with E-state index in [9.17, 15) is 18.0 Å². The summed E-state index contributed by atoms with van der Waals surface area (Å²) in [4.78, 5) is 19.1. The molecule has 0 spiro atoms. The van der Waals surface area contributed by atoms with E-state index in [0.717, 1.165) is 18.6 Å². The Bertz CT molecular complexity index is 755. The van der Waals surface area contributed by atoms with Crippen molar-refractivity contribution in [3.8, 4) is 10.6 Å². The number of nitrogens with zero attached hydrogens (tertiary/aromatic N) is 2. The van der Waals surface area contributed by atoms with Gasteiger partial charge in [0.25, 0.3) is 5.91 Å². The Morgan fingerprint density at radius 2 is 2.00 bits per heavy atom. The topological polar surface area (TPSA) is 59.2 Å². The molecule has 0 unspecified atom stereocenters. The number of nitrogens with two attached hydrogens (primary N) is 1. The van der Waals surface area contributed by atoms with Crippen molar-refractivity contribution in [2.24, 2.45) is 5.73 Å². The maximum Gasteiger partial charge on any atom is 0.416 e. The number of carbonyl (C=O) groups is 1. The second-order valence-electron chi connectivity index (χ2n) is 5.81. The first-order valence-electron chi connectivity index (χ1n) is 7.45. The number of amides is 1. The molecule has 8 heteroatoms. The highest BCUT2D eigenvalue weighted by molar-refractivity contribution is 7.17. The highest BCUT2D eigenvalue weighted by atomic mass is 32.1. The molecule has 1 aromatic carbocycles. The van der Waals surface area contributed by atoms with Gasteiger partial charge < -0.3 is 10.6 Å². The summed E-state index contributed by atoms with van der Waals surface area (Å²) in [6.07, 6.45) is -3.59. The van der Waals surface area contributed by atoms with Crippen LogP contribution in [0, 0.1) is 6.92 Å². The van der Waals surface area contributed by atoms with Gasteiger partial charge in [-0.15, -0.1) is 11.3 Å². The second-order valence-corrected chi connectivity index (χ2v) is 6.81. The quantitative estimate of drug-likeness (QED) is 0.899. The largest absolute Gasteiger partial charge is 0.416 e. The van der Waals surface area contributed by atoms with Crippen molar-refractivity contribution in [3.05, 3.63) is 40.4 Å². The van der Waals surface area contributed by atoms with Gasteiger partial charge in [-0.2, -0.15) is 13.2 Å². The number of likely N-dealkylation sites (tertiary alicyclic amines) is 1.